The summed E-state index contributed by atoms with van der Waals surface area (Å²) in [6, 6.07) is -0.356. The van der Waals surface area contributed by atoms with Crippen molar-refractivity contribution in [2.45, 2.75) is 58.0 Å². The van der Waals surface area contributed by atoms with Gasteiger partial charge in [-0.05, 0) is 43.6 Å². The number of nitrogens with zero attached hydrogens (tertiary/aromatic N) is 1. The summed E-state index contributed by atoms with van der Waals surface area (Å²) in [5.74, 6) is -0.157. The molecule has 2 heterocycles. The number of amides is 4. The lowest BCUT2D eigenvalue weighted by Gasteiger charge is -2.43. The van der Waals surface area contributed by atoms with E-state index in [2.05, 4.69) is 36.7 Å². The summed E-state index contributed by atoms with van der Waals surface area (Å²) < 4.78 is 0. The highest BCUT2D eigenvalue weighted by molar-refractivity contribution is 6.09. The van der Waals surface area contributed by atoms with Crippen molar-refractivity contribution < 1.29 is 14.4 Å². The summed E-state index contributed by atoms with van der Waals surface area (Å²) in [6.07, 6.45) is 3.18. The van der Waals surface area contributed by atoms with Crippen molar-refractivity contribution in [3.05, 3.63) is 0 Å². The minimum atomic E-state index is -0.840. The van der Waals surface area contributed by atoms with Gasteiger partial charge in [-0.2, -0.15) is 0 Å². The van der Waals surface area contributed by atoms with Crippen LogP contribution >= 0.6 is 0 Å². The second kappa shape index (κ2) is 6.02. The van der Waals surface area contributed by atoms with E-state index in [1.165, 1.54) is 0 Å². The van der Waals surface area contributed by atoms with Gasteiger partial charge in [-0.15, -0.1) is 0 Å². The number of rotatable bonds is 3. The zero-order valence-electron chi connectivity index (χ0n) is 14.8. The Balaban J connectivity index is 1.68. The molecule has 1 aliphatic carbocycles. The molecule has 0 radical (unpaired) electrons. The first-order chi connectivity index (χ1) is 11.2. The van der Waals surface area contributed by atoms with Crippen molar-refractivity contribution in [3.63, 3.8) is 0 Å². The number of hydrogen-bond donors (Lipinski definition) is 3. The average molecular weight is 336 g/mol. The topological polar surface area (TPSA) is 90.5 Å². The third-order valence-corrected chi connectivity index (χ3v) is 5.35. The number of imide groups is 1. The SMILES string of the molecule is CC1CC(C)(C)CC2(C1)NC(=O)N(CC(=O)NC1CCNC1)C2=O. The molecular formula is C17H28N4O3. The van der Waals surface area contributed by atoms with Gasteiger partial charge in [-0.1, -0.05) is 20.8 Å². The van der Waals surface area contributed by atoms with Crippen molar-refractivity contribution in [2.75, 3.05) is 19.6 Å². The molecule has 0 aromatic heterocycles. The lowest BCUT2D eigenvalue weighted by Crippen LogP contribution is -2.54. The Morgan fingerprint density at radius 3 is 2.71 bits per heavy atom. The highest BCUT2D eigenvalue weighted by Gasteiger charge is 2.56. The summed E-state index contributed by atoms with van der Waals surface area (Å²) in [7, 11) is 0. The van der Waals surface area contributed by atoms with Gasteiger partial charge in [0.15, 0.2) is 0 Å². The smallest absolute Gasteiger partial charge is 0.325 e. The predicted molar refractivity (Wildman–Crippen MR) is 89.2 cm³/mol. The van der Waals surface area contributed by atoms with Gasteiger partial charge in [0.05, 0.1) is 0 Å². The Hall–Kier alpha value is -1.63. The van der Waals surface area contributed by atoms with Gasteiger partial charge in [-0.3, -0.25) is 14.5 Å². The first kappa shape index (κ1) is 17.2. The normalized spacial score (nSPS) is 35.4. The molecule has 1 saturated carbocycles. The molecule has 1 spiro atoms. The largest absolute Gasteiger partial charge is 0.350 e. The monoisotopic (exact) mass is 336 g/mol. The molecule has 3 fully saturated rings. The Morgan fingerprint density at radius 2 is 2.08 bits per heavy atom. The van der Waals surface area contributed by atoms with E-state index >= 15 is 0 Å². The molecule has 3 aliphatic rings. The fourth-order valence-corrected chi connectivity index (χ4v) is 4.84. The minimum absolute atomic E-state index is 0.00556. The second-order valence-electron chi connectivity index (χ2n) is 8.52. The number of carbonyl (C=O) groups excluding carboxylic acids is 3. The van der Waals surface area contributed by atoms with Crippen molar-refractivity contribution in [1.29, 1.82) is 0 Å². The van der Waals surface area contributed by atoms with E-state index < -0.39 is 11.6 Å². The quantitative estimate of drug-likeness (QED) is 0.658. The van der Waals surface area contributed by atoms with E-state index in [0.717, 1.165) is 30.8 Å². The molecule has 3 N–H and O–H groups in total. The zero-order chi connectivity index (χ0) is 17.5. The van der Waals surface area contributed by atoms with Crippen LogP contribution in [0.4, 0.5) is 4.79 Å². The summed E-state index contributed by atoms with van der Waals surface area (Å²) >= 11 is 0. The van der Waals surface area contributed by atoms with Gasteiger partial charge < -0.3 is 16.0 Å². The van der Waals surface area contributed by atoms with Crippen LogP contribution in [-0.4, -0.2) is 54.0 Å². The number of nitrogens with one attached hydrogen (secondary N) is 3. The van der Waals surface area contributed by atoms with E-state index in [4.69, 9.17) is 0 Å². The molecule has 2 saturated heterocycles. The molecule has 3 rings (SSSR count). The maximum atomic E-state index is 12.9. The average Bonchev–Trinajstić information content (AvgIpc) is 3.00. The molecular weight excluding hydrogens is 308 g/mol. The Bertz CT molecular complexity index is 556. The molecule has 0 bridgehead atoms. The molecule has 2 aliphatic heterocycles. The predicted octanol–water partition coefficient (Wildman–Crippen LogP) is 0.601. The van der Waals surface area contributed by atoms with Crippen LogP contribution in [0, 0.1) is 11.3 Å². The molecule has 134 valence electrons. The summed E-state index contributed by atoms with van der Waals surface area (Å²) in [5, 5.41) is 8.96. The van der Waals surface area contributed by atoms with E-state index in [1.54, 1.807) is 0 Å². The minimum Gasteiger partial charge on any atom is -0.350 e. The molecule has 3 unspecified atom stereocenters. The number of urea groups is 1. The van der Waals surface area contributed by atoms with Crippen LogP contribution in [0.1, 0.15) is 46.5 Å². The van der Waals surface area contributed by atoms with Crippen molar-refractivity contribution in [3.8, 4) is 0 Å². The molecule has 0 aromatic carbocycles. The zero-order valence-corrected chi connectivity index (χ0v) is 14.8. The standard InChI is InChI=1S/C17H28N4O3/c1-11-6-16(2,3)10-17(7-11)14(23)21(15(24)20-17)9-13(22)19-12-4-5-18-8-12/h11-12,18H,4-10H2,1-3H3,(H,19,22)(H,20,24). The molecule has 7 heteroatoms. The van der Waals surface area contributed by atoms with Gasteiger partial charge in [-0.25, -0.2) is 4.79 Å². The first-order valence-electron chi connectivity index (χ1n) is 8.85. The molecule has 4 amide bonds. The lowest BCUT2D eigenvalue weighted by atomic mass is 9.64. The van der Waals surface area contributed by atoms with Crippen molar-refractivity contribution in [1.82, 2.24) is 20.9 Å². The van der Waals surface area contributed by atoms with Crippen LogP contribution in [-0.2, 0) is 9.59 Å². The van der Waals surface area contributed by atoms with Gasteiger partial charge in [0.25, 0.3) is 5.91 Å². The Labute approximate surface area is 142 Å². The van der Waals surface area contributed by atoms with Crippen molar-refractivity contribution in [2.24, 2.45) is 11.3 Å². The van der Waals surface area contributed by atoms with Crippen LogP contribution in [0.3, 0.4) is 0 Å². The van der Waals surface area contributed by atoms with Crippen molar-refractivity contribution >= 4 is 17.8 Å². The van der Waals surface area contributed by atoms with Gasteiger partial charge in [0, 0.05) is 12.6 Å². The molecule has 3 atom stereocenters. The van der Waals surface area contributed by atoms with E-state index in [0.29, 0.717) is 18.8 Å². The Kier molecular flexibility index (Phi) is 4.32. The molecule has 24 heavy (non-hydrogen) atoms. The van der Waals surface area contributed by atoms with Crippen LogP contribution in [0.25, 0.3) is 0 Å². The maximum absolute atomic E-state index is 12.9. The van der Waals surface area contributed by atoms with Gasteiger partial charge in [0.2, 0.25) is 5.91 Å². The summed E-state index contributed by atoms with van der Waals surface area (Å²) in [4.78, 5) is 38.6. The van der Waals surface area contributed by atoms with E-state index in [1.807, 2.05) is 0 Å². The third kappa shape index (κ3) is 3.27. The fourth-order valence-electron chi connectivity index (χ4n) is 4.84. The van der Waals surface area contributed by atoms with Crippen LogP contribution in [0.2, 0.25) is 0 Å². The van der Waals surface area contributed by atoms with E-state index in [9.17, 15) is 14.4 Å². The van der Waals surface area contributed by atoms with Crippen LogP contribution in [0.15, 0.2) is 0 Å². The van der Waals surface area contributed by atoms with Crippen LogP contribution < -0.4 is 16.0 Å². The Morgan fingerprint density at radius 1 is 1.33 bits per heavy atom. The summed E-state index contributed by atoms with van der Waals surface area (Å²) in [5.41, 5.74) is -0.845. The number of carbonyl (C=O) groups is 3. The van der Waals surface area contributed by atoms with Crippen LogP contribution in [0.5, 0.6) is 0 Å². The van der Waals surface area contributed by atoms with Gasteiger partial charge in [0.1, 0.15) is 12.1 Å². The van der Waals surface area contributed by atoms with Gasteiger partial charge >= 0.3 is 6.03 Å². The highest BCUT2D eigenvalue weighted by Crippen LogP contribution is 2.46. The molecule has 7 nitrogen and oxygen atoms in total. The second-order valence-corrected chi connectivity index (χ2v) is 8.52. The maximum Gasteiger partial charge on any atom is 0.325 e. The number of hydrogen-bond acceptors (Lipinski definition) is 4. The third-order valence-electron chi connectivity index (χ3n) is 5.35. The first-order valence-corrected chi connectivity index (χ1v) is 8.85. The lowest BCUT2D eigenvalue weighted by molar-refractivity contribution is -0.137. The van der Waals surface area contributed by atoms with E-state index in [-0.39, 0.29) is 29.8 Å². The molecule has 0 aromatic rings. The highest BCUT2D eigenvalue weighted by atomic mass is 16.2. The fraction of sp³-hybridized carbons (Fsp3) is 0.824. The summed E-state index contributed by atoms with van der Waals surface area (Å²) in [6.45, 7) is 7.80.